The molecule has 2 rings (SSSR count). The highest BCUT2D eigenvalue weighted by atomic mass is 35.5. The van der Waals surface area contributed by atoms with Crippen molar-refractivity contribution in [2.75, 3.05) is 7.11 Å². The predicted octanol–water partition coefficient (Wildman–Crippen LogP) is 3.67. The minimum absolute atomic E-state index is 0.133. The van der Waals surface area contributed by atoms with E-state index in [2.05, 4.69) is 10.5 Å². The van der Waals surface area contributed by atoms with E-state index in [1.807, 2.05) is 0 Å². The van der Waals surface area contributed by atoms with Gasteiger partial charge in [0.15, 0.2) is 5.75 Å². The average Bonchev–Trinajstić information content (AvgIpc) is 2.54. The summed E-state index contributed by atoms with van der Waals surface area (Å²) in [7, 11) is 1.34. The van der Waals surface area contributed by atoms with Gasteiger partial charge in [0.25, 0.3) is 5.91 Å². The molecular formula is C15H11Cl2N3O4. The Labute approximate surface area is 147 Å². The molecule has 0 bridgehead atoms. The molecule has 0 heterocycles. The highest BCUT2D eigenvalue weighted by molar-refractivity contribution is 6.36. The number of nitro benzene ring substituents is 1. The van der Waals surface area contributed by atoms with E-state index in [1.165, 1.54) is 43.7 Å². The first-order valence-electron chi connectivity index (χ1n) is 6.53. The van der Waals surface area contributed by atoms with Crippen molar-refractivity contribution in [2.45, 2.75) is 0 Å². The fraction of sp³-hybridized carbons (Fsp3) is 0.0667. The molecule has 0 atom stereocenters. The van der Waals surface area contributed by atoms with Crippen LogP contribution in [-0.4, -0.2) is 24.2 Å². The van der Waals surface area contributed by atoms with Crippen molar-refractivity contribution < 1.29 is 14.5 Å². The van der Waals surface area contributed by atoms with Gasteiger partial charge in [-0.2, -0.15) is 5.10 Å². The van der Waals surface area contributed by atoms with Crippen LogP contribution in [0.15, 0.2) is 41.5 Å². The maximum Gasteiger partial charge on any atom is 0.311 e. The SMILES string of the molecule is COc1ccc(/C=N/NC(=O)c2ccc(Cl)cc2Cl)cc1[N+](=O)[O-]. The maximum absolute atomic E-state index is 12.0. The van der Waals surface area contributed by atoms with Crippen molar-refractivity contribution in [1.82, 2.24) is 5.43 Å². The van der Waals surface area contributed by atoms with Crippen molar-refractivity contribution in [3.05, 3.63) is 67.7 Å². The van der Waals surface area contributed by atoms with Crippen LogP contribution in [0.5, 0.6) is 5.75 Å². The minimum atomic E-state index is -0.567. The maximum atomic E-state index is 12.0. The van der Waals surface area contributed by atoms with E-state index in [0.29, 0.717) is 10.6 Å². The van der Waals surface area contributed by atoms with Gasteiger partial charge in [-0.1, -0.05) is 23.2 Å². The van der Waals surface area contributed by atoms with Crippen LogP contribution in [0, 0.1) is 10.1 Å². The number of nitrogens with one attached hydrogen (secondary N) is 1. The lowest BCUT2D eigenvalue weighted by molar-refractivity contribution is -0.385. The smallest absolute Gasteiger partial charge is 0.311 e. The van der Waals surface area contributed by atoms with Crippen molar-refractivity contribution in [3.8, 4) is 5.75 Å². The third kappa shape index (κ3) is 4.21. The van der Waals surface area contributed by atoms with Crippen molar-refractivity contribution in [3.63, 3.8) is 0 Å². The Morgan fingerprint density at radius 3 is 2.67 bits per heavy atom. The number of halogens is 2. The Kier molecular flexibility index (Phi) is 5.73. The van der Waals surface area contributed by atoms with Gasteiger partial charge in [-0.25, -0.2) is 5.43 Å². The standard InChI is InChI=1S/C15H11Cl2N3O4/c1-24-14-5-2-9(6-13(14)20(22)23)8-18-19-15(21)11-4-3-10(16)7-12(11)17/h2-8H,1H3,(H,19,21)/b18-8+. The number of nitrogens with zero attached hydrogens (tertiary/aromatic N) is 2. The first kappa shape index (κ1) is 17.7. The molecule has 0 spiro atoms. The van der Waals surface area contributed by atoms with E-state index in [4.69, 9.17) is 27.9 Å². The Balaban J connectivity index is 2.12. The van der Waals surface area contributed by atoms with E-state index in [-0.39, 0.29) is 22.0 Å². The zero-order chi connectivity index (χ0) is 17.7. The molecule has 24 heavy (non-hydrogen) atoms. The molecule has 0 aliphatic carbocycles. The summed E-state index contributed by atoms with van der Waals surface area (Å²) in [4.78, 5) is 22.3. The Morgan fingerprint density at radius 1 is 1.29 bits per heavy atom. The Morgan fingerprint density at radius 2 is 2.04 bits per heavy atom. The first-order valence-corrected chi connectivity index (χ1v) is 7.29. The van der Waals surface area contributed by atoms with Gasteiger partial charge in [0.05, 0.1) is 28.8 Å². The van der Waals surface area contributed by atoms with Gasteiger partial charge >= 0.3 is 5.69 Å². The van der Waals surface area contributed by atoms with E-state index >= 15 is 0 Å². The van der Waals surface area contributed by atoms with Gasteiger partial charge in [0.2, 0.25) is 0 Å². The van der Waals surface area contributed by atoms with Crippen LogP contribution < -0.4 is 10.2 Å². The van der Waals surface area contributed by atoms with Crippen molar-refractivity contribution in [1.29, 1.82) is 0 Å². The summed E-state index contributed by atoms with van der Waals surface area (Å²) in [6.45, 7) is 0. The minimum Gasteiger partial charge on any atom is -0.490 e. The van der Waals surface area contributed by atoms with Gasteiger partial charge in [0.1, 0.15) is 0 Å². The summed E-state index contributed by atoms with van der Waals surface area (Å²) in [5, 5.41) is 15.3. The van der Waals surface area contributed by atoms with E-state index in [9.17, 15) is 14.9 Å². The number of hydrogen-bond acceptors (Lipinski definition) is 5. The fourth-order valence-corrected chi connectivity index (χ4v) is 2.32. The van der Waals surface area contributed by atoms with Crippen LogP contribution in [0.3, 0.4) is 0 Å². The lowest BCUT2D eigenvalue weighted by Crippen LogP contribution is -2.18. The molecule has 0 aliphatic rings. The zero-order valence-corrected chi connectivity index (χ0v) is 13.8. The highest BCUT2D eigenvalue weighted by Gasteiger charge is 2.14. The molecule has 0 saturated carbocycles. The number of amides is 1. The summed E-state index contributed by atoms with van der Waals surface area (Å²) in [5.41, 5.74) is 2.72. The van der Waals surface area contributed by atoms with Gasteiger partial charge in [-0.15, -0.1) is 0 Å². The van der Waals surface area contributed by atoms with Crippen molar-refractivity contribution >= 4 is 41.0 Å². The molecule has 7 nitrogen and oxygen atoms in total. The molecule has 0 radical (unpaired) electrons. The Hall–Kier alpha value is -2.64. The topological polar surface area (TPSA) is 93.8 Å². The lowest BCUT2D eigenvalue weighted by atomic mass is 10.2. The van der Waals surface area contributed by atoms with Gasteiger partial charge in [-0.05, 0) is 30.3 Å². The quantitative estimate of drug-likeness (QED) is 0.495. The number of carbonyl (C=O) groups is 1. The molecule has 2 aromatic carbocycles. The number of hydrazone groups is 1. The molecule has 0 fully saturated rings. The van der Waals surface area contributed by atoms with E-state index in [1.54, 1.807) is 6.07 Å². The molecule has 0 saturated heterocycles. The molecule has 1 N–H and O–H groups in total. The van der Waals surface area contributed by atoms with Gasteiger partial charge in [-0.3, -0.25) is 14.9 Å². The van der Waals surface area contributed by atoms with E-state index in [0.717, 1.165) is 0 Å². The second-order valence-corrected chi connectivity index (χ2v) is 5.36. The van der Waals surface area contributed by atoms with Crippen LogP contribution in [0.1, 0.15) is 15.9 Å². The molecular weight excluding hydrogens is 357 g/mol. The first-order chi connectivity index (χ1) is 11.4. The number of hydrogen-bond donors (Lipinski definition) is 1. The fourth-order valence-electron chi connectivity index (χ4n) is 1.83. The zero-order valence-electron chi connectivity index (χ0n) is 12.3. The summed E-state index contributed by atoms with van der Waals surface area (Å²) in [5.74, 6) is -0.398. The molecule has 0 aliphatic heterocycles. The highest BCUT2D eigenvalue weighted by Crippen LogP contribution is 2.26. The third-order valence-corrected chi connectivity index (χ3v) is 3.50. The summed E-state index contributed by atoms with van der Waals surface area (Å²) < 4.78 is 4.90. The molecule has 9 heteroatoms. The second-order valence-electron chi connectivity index (χ2n) is 4.51. The normalized spacial score (nSPS) is 10.6. The van der Waals surface area contributed by atoms with Crippen LogP contribution in [0.25, 0.3) is 0 Å². The molecule has 124 valence electrons. The second kappa shape index (κ2) is 7.76. The summed E-state index contributed by atoms with van der Waals surface area (Å²) >= 11 is 11.7. The van der Waals surface area contributed by atoms with E-state index < -0.39 is 10.8 Å². The average molecular weight is 368 g/mol. The predicted molar refractivity (Wildman–Crippen MR) is 91.2 cm³/mol. The largest absolute Gasteiger partial charge is 0.490 e. The molecule has 0 aromatic heterocycles. The summed E-state index contributed by atoms with van der Waals surface area (Å²) in [6.07, 6.45) is 1.27. The third-order valence-electron chi connectivity index (χ3n) is 2.96. The van der Waals surface area contributed by atoms with Crippen LogP contribution in [0.4, 0.5) is 5.69 Å². The van der Waals surface area contributed by atoms with Crippen LogP contribution in [0.2, 0.25) is 10.0 Å². The molecule has 1 amide bonds. The number of ether oxygens (including phenoxy) is 1. The van der Waals surface area contributed by atoms with Crippen LogP contribution in [-0.2, 0) is 0 Å². The number of rotatable bonds is 5. The van der Waals surface area contributed by atoms with Crippen molar-refractivity contribution in [2.24, 2.45) is 5.10 Å². The number of carbonyl (C=O) groups excluding carboxylic acids is 1. The number of methoxy groups -OCH3 is 1. The number of nitro groups is 1. The lowest BCUT2D eigenvalue weighted by Gasteiger charge is -2.03. The summed E-state index contributed by atoms with van der Waals surface area (Å²) in [6, 6.07) is 8.72. The molecule has 2 aromatic rings. The van der Waals surface area contributed by atoms with Gasteiger partial charge in [0, 0.05) is 16.7 Å². The van der Waals surface area contributed by atoms with Gasteiger partial charge < -0.3 is 4.74 Å². The monoisotopic (exact) mass is 367 g/mol. The molecule has 0 unspecified atom stereocenters. The Bertz CT molecular complexity index is 824. The number of benzene rings is 2. The van der Waals surface area contributed by atoms with Crippen LogP contribution >= 0.6 is 23.2 Å².